The van der Waals surface area contributed by atoms with E-state index in [1.54, 1.807) is 18.2 Å². The second-order valence-corrected chi connectivity index (χ2v) is 5.72. The van der Waals surface area contributed by atoms with Gasteiger partial charge in [0.15, 0.2) is 0 Å². The molecule has 0 spiro atoms. The summed E-state index contributed by atoms with van der Waals surface area (Å²) in [7, 11) is 0. The van der Waals surface area contributed by atoms with Crippen LogP contribution in [0.15, 0.2) is 54.6 Å². The maximum Gasteiger partial charge on any atom is 0.272 e. The Labute approximate surface area is 123 Å². The molecule has 0 aromatic heterocycles. The van der Waals surface area contributed by atoms with Crippen LogP contribution in [-0.4, -0.2) is 11.0 Å². The Morgan fingerprint density at radius 1 is 1.10 bits per heavy atom. The molecule has 4 nitrogen and oxygen atoms in total. The van der Waals surface area contributed by atoms with Crippen LogP contribution in [0.2, 0.25) is 0 Å². The van der Waals surface area contributed by atoms with Gasteiger partial charge in [0.05, 0.1) is 4.92 Å². The van der Waals surface area contributed by atoms with Crippen LogP contribution in [-0.2, 0) is 11.8 Å². The summed E-state index contributed by atoms with van der Waals surface area (Å²) in [5, 5.41) is 11.1. The Morgan fingerprint density at radius 2 is 1.71 bits per heavy atom. The van der Waals surface area contributed by atoms with Gasteiger partial charge in [0.25, 0.3) is 5.69 Å². The Morgan fingerprint density at radius 3 is 2.33 bits per heavy atom. The first-order valence-corrected chi connectivity index (χ1v) is 7.17. The lowest BCUT2D eigenvalue weighted by molar-refractivity contribution is -0.385. The van der Waals surface area contributed by atoms with Gasteiger partial charge in [0.1, 0.15) is 0 Å². The normalized spacial score (nSPS) is 17.2. The molecule has 2 aromatic carbocycles. The van der Waals surface area contributed by atoms with Gasteiger partial charge in [0.2, 0.25) is 0 Å². The zero-order chi connectivity index (χ0) is 14.9. The van der Waals surface area contributed by atoms with E-state index in [0.29, 0.717) is 6.42 Å². The van der Waals surface area contributed by atoms with Gasteiger partial charge in [-0.15, -0.1) is 0 Å². The molecular formula is C17H18N2O2. The van der Waals surface area contributed by atoms with E-state index in [4.69, 9.17) is 5.73 Å². The molecule has 2 aromatic rings. The van der Waals surface area contributed by atoms with Crippen LogP contribution in [0.1, 0.15) is 24.0 Å². The fraction of sp³-hybridized carbons (Fsp3) is 0.294. The molecule has 0 bridgehead atoms. The average Bonchev–Trinajstić information content (AvgIpc) is 3.30. The van der Waals surface area contributed by atoms with E-state index in [1.807, 2.05) is 24.3 Å². The fourth-order valence-corrected chi connectivity index (χ4v) is 3.07. The highest BCUT2D eigenvalue weighted by atomic mass is 16.6. The van der Waals surface area contributed by atoms with Crippen LogP contribution in [0.5, 0.6) is 0 Å². The highest BCUT2D eigenvalue weighted by molar-refractivity contribution is 5.42. The number of benzene rings is 2. The third-order valence-electron chi connectivity index (χ3n) is 4.48. The molecule has 1 fully saturated rings. The van der Waals surface area contributed by atoms with Gasteiger partial charge in [-0.05, 0) is 24.8 Å². The second-order valence-electron chi connectivity index (χ2n) is 5.72. The van der Waals surface area contributed by atoms with Gasteiger partial charge in [-0.1, -0.05) is 48.5 Å². The van der Waals surface area contributed by atoms with Crippen molar-refractivity contribution in [2.75, 3.05) is 0 Å². The van der Waals surface area contributed by atoms with Crippen molar-refractivity contribution >= 4 is 5.69 Å². The van der Waals surface area contributed by atoms with E-state index in [9.17, 15) is 10.1 Å². The standard InChI is InChI=1S/C17H18N2O2/c18-16(12-13-6-4-5-9-15(13)19(20)21)17(10-11-17)14-7-2-1-3-8-14/h1-9,16H,10-12,18H2. The SMILES string of the molecule is NC(Cc1ccccc1[N+](=O)[O-])C1(c2ccccc2)CC1. The Bertz CT molecular complexity index is 651. The first kappa shape index (κ1) is 13.8. The van der Waals surface area contributed by atoms with Gasteiger partial charge in [-0.3, -0.25) is 10.1 Å². The summed E-state index contributed by atoms with van der Waals surface area (Å²) in [5.74, 6) is 0. The van der Waals surface area contributed by atoms with E-state index >= 15 is 0 Å². The van der Waals surface area contributed by atoms with Gasteiger partial charge < -0.3 is 5.73 Å². The molecule has 0 radical (unpaired) electrons. The molecule has 0 aliphatic heterocycles. The zero-order valence-corrected chi connectivity index (χ0v) is 11.7. The molecule has 2 N–H and O–H groups in total. The molecule has 3 rings (SSSR count). The van der Waals surface area contributed by atoms with Crippen molar-refractivity contribution in [3.8, 4) is 0 Å². The first-order chi connectivity index (χ1) is 10.1. The number of rotatable bonds is 5. The second kappa shape index (κ2) is 5.30. The lowest BCUT2D eigenvalue weighted by Gasteiger charge is -2.24. The van der Waals surface area contributed by atoms with Crippen molar-refractivity contribution in [1.29, 1.82) is 0 Å². The lowest BCUT2D eigenvalue weighted by Crippen LogP contribution is -2.37. The van der Waals surface area contributed by atoms with Gasteiger partial charge >= 0.3 is 0 Å². The Hall–Kier alpha value is -2.20. The largest absolute Gasteiger partial charge is 0.327 e. The average molecular weight is 282 g/mol. The van der Waals surface area contributed by atoms with Gasteiger partial charge in [-0.25, -0.2) is 0 Å². The molecule has 0 amide bonds. The van der Waals surface area contributed by atoms with Crippen LogP contribution < -0.4 is 5.73 Å². The van der Waals surface area contributed by atoms with Crippen molar-refractivity contribution in [3.63, 3.8) is 0 Å². The number of hydrogen-bond acceptors (Lipinski definition) is 3. The molecular weight excluding hydrogens is 264 g/mol. The van der Waals surface area contributed by atoms with Crippen LogP contribution in [0.4, 0.5) is 5.69 Å². The van der Waals surface area contributed by atoms with Crippen molar-refractivity contribution in [3.05, 3.63) is 75.8 Å². The quantitative estimate of drug-likeness (QED) is 0.676. The lowest BCUT2D eigenvalue weighted by atomic mass is 9.85. The van der Waals surface area contributed by atoms with Crippen molar-refractivity contribution in [1.82, 2.24) is 0 Å². The number of nitro groups is 1. The first-order valence-electron chi connectivity index (χ1n) is 7.17. The summed E-state index contributed by atoms with van der Waals surface area (Å²) < 4.78 is 0. The van der Waals surface area contributed by atoms with Crippen LogP contribution in [0.25, 0.3) is 0 Å². The van der Waals surface area contributed by atoms with E-state index in [2.05, 4.69) is 12.1 Å². The number of nitrogens with two attached hydrogens (primary N) is 1. The van der Waals surface area contributed by atoms with Crippen molar-refractivity contribution in [2.45, 2.75) is 30.7 Å². The molecule has 1 aliphatic rings. The third-order valence-corrected chi connectivity index (χ3v) is 4.48. The van der Waals surface area contributed by atoms with E-state index in [1.165, 1.54) is 5.56 Å². The minimum Gasteiger partial charge on any atom is -0.327 e. The third kappa shape index (κ3) is 2.54. The molecule has 1 unspecified atom stereocenters. The molecule has 108 valence electrons. The highest BCUT2D eigenvalue weighted by Gasteiger charge is 2.49. The molecule has 1 saturated carbocycles. The molecule has 0 saturated heterocycles. The van der Waals surface area contributed by atoms with Crippen LogP contribution in [0, 0.1) is 10.1 Å². The van der Waals surface area contributed by atoms with Crippen LogP contribution >= 0.6 is 0 Å². The molecule has 21 heavy (non-hydrogen) atoms. The summed E-state index contributed by atoms with van der Waals surface area (Å²) in [6.45, 7) is 0. The Balaban J connectivity index is 1.85. The monoisotopic (exact) mass is 282 g/mol. The maximum atomic E-state index is 11.1. The summed E-state index contributed by atoms with van der Waals surface area (Å²) in [5.41, 5.74) is 8.55. The molecule has 4 heteroatoms. The summed E-state index contributed by atoms with van der Waals surface area (Å²) in [6.07, 6.45) is 2.64. The fourth-order valence-electron chi connectivity index (χ4n) is 3.07. The molecule has 1 aliphatic carbocycles. The van der Waals surface area contributed by atoms with Crippen molar-refractivity contribution in [2.24, 2.45) is 5.73 Å². The molecule has 1 atom stereocenters. The summed E-state index contributed by atoms with van der Waals surface area (Å²) in [6, 6.07) is 17.0. The van der Waals surface area contributed by atoms with E-state index < -0.39 is 0 Å². The zero-order valence-electron chi connectivity index (χ0n) is 11.7. The van der Waals surface area contributed by atoms with E-state index in [-0.39, 0.29) is 22.1 Å². The maximum absolute atomic E-state index is 11.1. The minimum absolute atomic E-state index is 0.00896. The Kier molecular flexibility index (Phi) is 3.47. The minimum atomic E-state index is -0.329. The summed E-state index contributed by atoms with van der Waals surface area (Å²) >= 11 is 0. The topological polar surface area (TPSA) is 69.2 Å². The number of para-hydroxylation sites is 1. The van der Waals surface area contributed by atoms with E-state index in [0.717, 1.165) is 18.4 Å². The van der Waals surface area contributed by atoms with Crippen LogP contribution in [0.3, 0.4) is 0 Å². The highest BCUT2D eigenvalue weighted by Crippen LogP contribution is 2.51. The summed E-state index contributed by atoms with van der Waals surface area (Å²) in [4.78, 5) is 10.8. The predicted octanol–water partition coefficient (Wildman–Crippen LogP) is 3.20. The predicted molar refractivity (Wildman–Crippen MR) is 82.1 cm³/mol. The smallest absolute Gasteiger partial charge is 0.272 e. The van der Waals surface area contributed by atoms with Gasteiger partial charge in [-0.2, -0.15) is 0 Å². The molecule has 0 heterocycles. The van der Waals surface area contributed by atoms with Crippen molar-refractivity contribution < 1.29 is 4.92 Å². The van der Waals surface area contributed by atoms with Gasteiger partial charge in [0, 0.05) is 23.1 Å². The number of nitrogens with zero attached hydrogens (tertiary/aromatic N) is 1. The number of hydrogen-bond donors (Lipinski definition) is 1. The number of nitro benzene ring substituents is 1.